The molecule has 25 heavy (non-hydrogen) atoms. The maximum atomic E-state index is 9.36. The predicted octanol–water partition coefficient (Wildman–Crippen LogP) is 3.99. The number of aryl methyl sites for hydroxylation is 2. The van der Waals surface area contributed by atoms with Crippen LogP contribution in [0.15, 0.2) is 36.4 Å². The van der Waals surface area contributed by atoms with Gasteiger partial charge in [0.25, 0.3) is 0 Å². The summed E-state index contributed by atoms with van der Waals surface area (Å²) < 4.78 is 17.3. The summed E-state index contributed by atoms with van der Waals surface area (Å²) in [6, 6.07) is 12.1. The van der Waals surface area contributed by atoms with Crippen molar-refractivity contribution in [3.8, 4) is 16.9 Å². The summed E-state index contributed by atoms with van der Waals surface area (Å²) in [6.07, 6.45) is -0.0449. The fraction of sp³-hybridized carbons (Fsp3) is 0.429. The van der Waals surface area contributed by atoms with Crippen LogP contribution in [0.25, 0.3) is 11.1 Å². The maximum Gasteiger partial charge on any atom is 0.163 e. The SMILES string of the molecule is Cc1cc(OC[C@@H]2COC(C)(C)O2)cc(C)c1-c1cccc(CO)c1. The lowest BCUT2D eigenvalue weighted by molar-refractivity contribution is -0.141. The van der Waals surface area contributed by atoms with Gasteiger partial charge in [0.05, 0.1) is 13.2 Å². The van der Waals surface area contributed by atoms with Gasteiger partial charge in [-0.25, -0.2) is 0 Å². The summed E-state index contributed by atoms with van der Waals surface area (Å²) in [5.41, 5.74) is 5.51. The Hall–Kier alpha value is -1.88. The van der Waals surface area contributed by atoms with E-state index in [-0.39, 0.29) is 12.7 Å². The molecular weight excluding hydrogens is 316 g/mol. The molecule has 0 saturated carbocycles. The van der Waals surface area contributed by atoms with E-state index in [2.05, 4.69) is 32.0 Å². The van der Waals surface area contributed by atoms with Gasteiger partial charge in [-0.1, -0.05) is 18.2 Å². The van der Waals surface area contributed by atoms with Crippen molar-refractivity contribution in [3.05, 3.63) is 53.1 Å². The van der Waals surface area contributed by atoms with E-state index in [0.29, 0.717) is 13.2 Å². The number of hydrogen-bond donors (Lipinski definition) is 1. The summed E-state index contributed by atoms with van der Waals surface area (Å²) in [5.74, 6) is 0.312. The number of rotatable bonds is 5. The first-order chi connectivity index (χ1) is 11.9. The lowest BCUT2D eigenvalue weighted by atomic mass is 9.94. The van der Waals surface area contributed by atoms with Crippen LogP contribution in [0.5, 0.6) is 5.75 Å². The molecule has 0 aromatic heterocycles. The molecule has 1 fully saturated rings. The summed E-state index contributed by atoms with van der Waals surface area (Å²) in [4.78, 5) is 0. The quantitative estimate of drug-likeness (QED) is 0.892. The molecule has 1 saturated heterocycles. The van der Waals surface area contributed by atoms with Gasteiger partial charge in [-0.05, 0) is 73.7 Å². The van der Waals surface area contributed by atoms with Crippen LogP contribution in [0, 0.1) is 13.8 Å². The minimum atomic E-state index is -0.526. The van der Waals surface area contributed by atoms with Gasteiger partial charge in [-0.3, -0.25) is 0 Å². The third-order valence-electron chi connectivity index (χ3n) is 4.41. The molecule has 1 heterocycles. The molecule has 3 rings (SSSR count). The van der Waals surface area contributed by atoms with Crippen LogP contribution in [0.4, 0.5) is 0 Å². The monoisotopic (exact) mass is 342 g/mol. The molecule has 0 radical (unpaired) electrons. The molecule has 2 aromatic carbocycles. The van der Waals surface area contributed by atoms with Crippen LogP contribution in [0.2, 0.25) is 0 Å². The van der Waals surface area contributed by atoms with E-state index in [1.165, 1.54) is 5.56 Å². The van der Waals surface area contributed by atoms with Crippen LogP contribution in [-0.4, -0.2) is 30.2 Å². The van der Waals surface area contributed by atoms with Crippen LogP contribution in [0.1, 0.15) is 30.5 Å². The standard InChI is InChI=1S/C21H26O4/c1-14-8-18(23-12-19-13-24-21(3,4)25-19)9-15(2)20(14)17-7-5-6-16(10-17)11-22/h5-10,19,22H,11-13H2,1-4H3/t19-/m1/s1. The normalized spacial score (nSPS) is 19.2. The van der Waals surface area contributed by atoms with Gasteiger partial charge in [0.15, 0.2) is 5.79 Å². The Morgan fingerprint density at radius 2 is 1.88 bits per heavy atom. The maximum absolute atomic E-state index is 9.36. The number of aliphatic hydroxyl groups excluding tert-OH is 1. The predicted molar refractivity (Wildman–Crippen MR) is 97.7 cm³/mol. The number of ether oxygens (including phenoxy) is 3. The highest BCUT2D eigenvalue weighted by molar-refractivity contribution is 5.72. The molecule has 2 aromatic rings. The Kier molecular flexibility index (Phi) is 5.13. The molecule has 1 aliphatic rings. The van der Waals surface area contributed by atoms with Crippen molar-refractivity contribution < 1.29 is 19.3 Å². The van der Waals surface area contributed by atoms with Crippen LogP contribution >= 0.6 is 0 Å². The van der Waals surface area contributed by atoms with Crippen LogP contribution < -0.4 is 4.74 Å². The lowest BCUT2D eigenvalue weighted by Crippen LogP contribution is -2.25. The van der Waals surface area contributed by atoms with Gasteiger partial charge in [-0.2, -0.15) is 0 Å². The lowest BCUT2D eigenvalue weighted by Gasteiger charge is -2.18. The minimum Gasteiger partial charge on any atom is -0.491 e. The van der Waals surface area contributed by atoms with Gasteiger partial charge in [0.2, 0.25) is 0 Å². The highest BCUT2D eigenvalue weighted by Crippen LogP contribution is 2.32. The Labute approximate surface area is 149 Å². The van der Waals surface area contributed by atoms with Gasteiger partial charge in [-0.15, -0.1) is 0 Å². The zero-order valence-corrected chi connectivity index (χ0v) is 15.3. The van der Waals surface area contributed by atoms with Gasteiger partial charge in [0, 0.05) is 0 Å². The molecule has 4 nitrogen and oxygen atoms in total. The summed E-state index contributed by atoms with van der Waals surface area (Å²) in [6.45, 7) is 9.07. The van der Waals surface area contributed by atoms with Crippen LogP contribution in [-0.2, 0) is 16.1 Å². The zero-order chi connectivity index (χ0) is 18.0. The van der Waals surface area contributed by atoms with E-state index in [9.17, 15) is 5.11 Å². The van der Waals surface area contributed by atoms with E-state index >= 15 is 0 Å². The van der Waals surface area contributed by atoms with Gasteiger partial charge in [0.1, 0.15) is 18.5 Å². The largest absolute Gasteiger partial charge is 0.491 e. The fourth-order valence-electron chi connectivity index (χ4n) is 3.32. The van der Waals surface area contributed by atoms with Crippen molar-refractivity contribution in [2.45, 2.75) is 46.2 Å². The Morgan fingerprint density at radius 3 is 2.48 bits per heavy atom. The molecular formula is C21H26O4. The average Bonchev–Trinajstić information content (AvgIpc) is 2.92. The first-order valence-electron chi connectivity index (χ1n) is 8.64. The average molecular weight is 342 g/mol. The molecule has 0 bridgehead atoms. The van der Waals surface area contributed by atoms with Crippen molar-refractivity contribution in [1.82, 2.24) is 0 Å². The molecule has 0 aliphatic carbocycles. The summed E-state index contributed by atoms with van der Waals surface area (Å²) in [5, 5.41) is 9.36. The van der Waals surface area contributed by atoms with Crippen molar-refractivity contribution in [3.63, 3.8) is 0 Å². The zero-order valence-electron chi connectivity index (χ0n) is 15.3. The third-order valence-corrected chi connectivity index (χ3v) is 4.41. The van der Waals surface area contributed by atoms with Crippen molar-refractivity contribution >= 4 is 0 Å². The van der Waals surface area contributed by atoms with Crippen molar-refractivity contribution in [2.24, 2.45) is 0 Å². The molecule has 1 aliphatic heterocycles. The first kappa shape index (κ1) is 17.9. The second-order valence-electron chi connectivity index (χ2n) is 7.05. The van der Waals surface area contributed by atoms with E-state index in [1.54, 1.807) is 0 Å². The number of benzene rings is 2. The fourth-order valence-corrected chi connectivity index (χ4v) is 3.32. The molecule has 134 valence electrons. The second kappa shape index (κ2) is 7.16. The van der Waals surface area contributed by atoms with E-state index in [4.69, 9.17) is 14.2 Å². The smallest absolute Gasteiger partial charge is 0.163 e. The minimum absolute atomic E-state index is 0.0449. The number of aliphatic hydroxyl groups is 1. The first-order valence-corrected chi connectivity index (χ1v) is 8.64. The molecule has 0 spiro atoms. The molecule has 1 N–H and O–H groups in total. The number of hydrogen-bond acceptors (Lipinski definition) is 4. The molecule has 0 unspecified atom stereocenters. The molecule has 0 amide bonds. The van der Waals surface area contributed by atoms with E-state index < -0.39 is 5.79 Å². The summed E-state index contributed by atoms with van der Waals surface area (Å²) in [7, 11) is 0. The van der Waals surface area contributed by atoms with Crippen molar-refractivity contribution in [2.75, 3.05) is 13.2 Å². The van der Waals surface area contributed by atoms with Gasteiger partial charge < -0.3 is 19.3 Å². The molecule has 1 atom stereocenters. The Balaban J connectivity index is 1.76. The van der Waals surface area contributed by atoms with E-state index in [0.717, 1.165) is 28.0 Å². The second-order valence-corrected chi connectivity index (χ2v) is 7.05. The topological polar surface area (TPSA) is 47.9 Å². The van der Waals surface area contributed by atoms with Crippen LogP contribution in [0.3, 0.4) is 0 Å². The van der Waals surface area contributed by atoms with Gasteiger partial charge >= 0.3 is 0 Å². The highest BCUT2D eigenvalue weighted by Gasteiger charge is 2.33. The Morgan fingerprint density at radius 1 is 1.16 bits per heavy atom. The van der Waals surface area contributed by atoms with Crippen molar-refractivity contribution in [1.29, 1.82) is 0 Å². The van der Waals surface area contributed by atoms with E-state index in [1.807, 2.05) is 32.0 Å². The Bertz CT molecular complexity index is 728. The third kappa shape index (κ3) is 4.21. The highest BCUT2D eigenvalue weighted by atomic mass is 16.7. The molecule has 4 heteroatoms. The summed E-state index contributed by atoms with van der Waals surface area (Å²) >= 11 is 0.